The highest BCUT2D eigenvalue weighted by Crippen LogP contribution is 2.27. The lowest BCUT2D eigenvalue weighted by atomic mass is 10.1. The number of aromatic nitrogens is 2. The average Bonchev–Trinajstić information content (AvgIpc) is 3.20. The molecule has 8 nitrogen and oxygen atoms in total. The second-order valence-corrected chi connectivity index (χ2v) is 6.64. The van der Waals surface area contributed by atoms with Gasteiger partial charge in [-0.3, -0.25) is 0 Å². The Hall–Kier alpha value is -3.16. The van der Waals surface area contributed by atoms with E-state index in [9.17, 15) is 9.59 Å². The lowest BCUT2D eigenvalue weighted by Crippen LogP contribution is -2.27. The van der Waals surface area contributed by atoms with Crippen molar-refractivity contribution >= 4 is 23.0 Å². The third kappa shape index (κ3) is 3.74. The fourth-order valence-electron chi connectivity index (χ4n) is 2.38. The predicted molar refractivity (Wildman–Crippen MR) is 90.4 cm³/mol. The normalized spacial score (nSPS) is 11.5. The molecule has 0 bridgehead atoms. The number of esters is 2. The summed E-state index contributed by atoms with van der Waals surface area (Å²) in [5.74, 6) is -0.881. The number of fused-ring (bicyclic) bond motifs is 1. The van der Waals surface area contributed by atoms with Crippen LogP contribution < -0.4 is 0 Å². The highest BCUT2D eigenvalue weighted by atomic mass is 16.6. The fourth-order valence-corrected chi connectivity index (χ4v) is 2.38. The Balaban J connectivity index is 1.89. The molecule has 136 valence electrons. The van der Waals surface area contributed by atoms with Crippen LogP contribution in [0.3, 0.4) is 0 Å². The minimum atomic E-state index is -0.706. The lowest BCUT2D eigenvalue weighted by molar-refractivity contribution is -0.158. The highest BCUT2D eigenvalue weighted by Gasteiger charge is 2.23. The Labute approximate surface area is 149 Å². The molecule has 0 unspecified atom stereocenters. The quantitative estimate of drug-likeness (QED) is 0.654. The van der Waals surface area contributed by atoms with E-state index in [4.69, 9.17) is 18.4 Å². The van der Waals surface area contributed by atoms with Gasteiger partial charge < -0.3 is 18.4 Å². The molecule has 0 atom stereocenters. The summed E-state index contributed by atoms with van der Waals surface area (Å²) in [7, 11) is 0. The molecule has 0 aliphatic rings. The summed E-state index contributed by atoms with van der Waals surface area (Å²) in [5, 5.41) is 4.26. The van der Waals surface area contributed by atoms with E-state index in [0.717, 1.165) is 0 Å². The van der Waals surface area contributed by atoms with Crippen LogP contribution in [0.25, 0.3) is 22.6 Å². The van der Waals surface area contributed by atoms with E-state index >= 15 is 0 Å². The van der Waals surface area contributed by atoms with Gasteiger partial charge in [-0.2, -0.15) is 0 Å². The van der Waals surface area contributed by atoms with Gasteiger partial charge in [-0.1, -0.05) is 5.16 Å². The van der Waals surface area contributed by atoms with Gasteiger partial charge in [0.15, 0.2) is 12.4 Å². The van der Waals surface area contributed by atoms with Crippen molar-refractivity contribution in [3.63, 3.8) is 0 Å². The third-order valence-electron chi connectivity index (χ3n) is 3.35. The Morgan fingerprint density at radius 3 is 2.69 bits per heavy atom. The van der Waals surface area contributed by atoms with Crippen LogP contribution in [0.5, 0.6) is 0 Å². The zero-order valence-electron chi connectivity index (χ0n) is 14.9. The number of carbonyl (C=O) groups excluding carboxylic acids is 2. The second-order valence-electron chi connectivity index (χ2n) is 6.64. The minimum Gasteiger partial charge on any atom is -0.463 e. The maximum Gasteiger partial charge on any atom is 0.344 e. The van der Waals surface area contributed by atoms with Gasteiger partial charge in [0.25, 0.3) is 5.71 Å². The molecule has 8 heteroatoms. The molecule has 0 amide bonds. The van der Waals surface area contributed by atoms with Crippen LogP contribution in [-0.2, 0) is 14.3 Å². The summed E-state index contributed by atoms with van der Waals surface area (Å²) in [4.78, 5) is 28.6. The Morgan fingerprint density at radius 2 is 2.04 bits per heavy atom. The van der Waals surface area contributed by atoms with Gasteiger partial charge >= 0.3 is 11.9 Å². The largest absolute Gasteiger partial charge is 0.463 e. The van der Waals surface area contributed by atoms with E-state index in [1.165, 1.54) is 12.3 Å². The van der Waals surface area contributed by atoms with Crippen molar-refractivity contribution in [2.24, 2.45) is 0 Å². The van der Waals surface area contributed by atoms with Gasteiger partial charge in [0.05, 0.1) is 22.9 Å². The highest BCUT2D eigenvalue weighted by molar-refractivity contribution is 6.04. The summed E-state index contributed by atoms with van der Waals surface area (Å²) in [6.07, 6.45) is 1.49. The third-order valence-corrected chi connectivity index (χ3v) is 3.35. The van der Waals surface area contributed by atoms with Gasteiger partial charge in [0.2, 0.25) is 0 Å². The Kier molecular flexibility index (Phi) is 4.50. The van der Waals surface area contributed by atoms with Crippen molar-refractivity contribution in [3.8, 4) is 11.5 Å². The average molecular weight is 358 g/mol. The first-order valence-electron chi connectivity index (χ1n) is 7.94. The van der Waals surface area contributed by atoms with Gasteiger partial charge in [0, 0.05) is 0 Å². The van der Waals surface area contributed by atoms with Crippen LogP contribution in [0, 0.1) is 6.92 Å². The summed E-state index contributed by atoms with van der Waals surface area (Å²) in [6, 6.07) is 4.92. The molecule has 3 aromatic rings. The Bertz CT molecular complexity index is 950. The van der Waals surface area contributed by atoms with Crippen molar-refractivity contribution < 1.29 is 28.0 Å². The standard InChI is InChI=1S/C18H18N2O6/c1-10-15-11(17(22)24-9-14(21)25-18(2,3)4)8-12(13-6-5-7-23-13)19-16(15)26-20-10/h5-8H,9H2,1-4H3. The molecule has 0 fully saturated rings. The molecule has 26 heavy (non-hydrogen) atoms. The molecular formula is C18H18N2O6. The number of hydrogen-bond acceptors (Lipinski definition) is 8. The number of aryl methyl sites for hydroxylation is 1. The minimum absolute atomic E-state index is 0.181. The van der Waals surface area contributed by atoms with Gasteiger partial charge in [-0.25, -0.2) is 14.6 Å². The van der Waals surface area contributed by atoms with E-state index < -0.39 is 24.1 Å². The van der Waals surface area contributed by atoms with Crippen LogP contribution in [0.15, 0.2) is 33.4 Å². The number of ether oxygens (including phenoxy) is 2. The van der Waals surface area contributed by atoms with Crippen LogP contribution in [0.4, 0.5) is 0 Å². The maximum absolute atomic E-state index is 12.5. The van der Waals surface area contributed by atoms with E-state index in [1.54, 1.807) is 39.8 Å². The zero-order chi connectivity index (χ0) is 18.9. The van der Waals surface area contributed by atoms with Crippen LogP contribution >= 0.6 is 0 Å². The maximum atomic E-state index is 12.5. The molecule has 0 saturated heterocycles. The van der Waals surface area contributed by atoms with E-state index in [-0.39, 0.29) is 11.3 Å². The van der Waals surface area contributed by atoms with E-state index in [0.29, 0.717) is 22.5 Å². The molecule has 0 aliphatic heterocycles. The van der Waals surface area contributed by atoms with E-state index in [1.807, 2.05) is 0 Å². The van der Waals surface area contributed by atoms with Crippen molar-refractivity contribution in [2.75, 3.05) is 6.61 Å². The molecule has 0 aromatic carbocycles. The summed E-state index contributed by atoms with van der Waals surface area (Å²) in [6.45, 7) is 6.38. The first-order valence-corrected chi connectivity index (χ1v) is 7.94. The molecule has 3 rings (SSSR count). The smallest absolute Gasteiger partial charge is 0.344 e. The SMILES string of the molecule is Cc1noc2nc(-c3ccco3)cc(C(=O)OCC(=O)OC(C)(C)C)c12. The molecular weight excluding hydrogens is 340 g/mol. The summed E-state index contributed by atoms with van der Waals surface area (Å²) < 4.78 is 20.7. The van der Waals surface area contributed by atoms with Crippen LogP contribution in [-0.4, -0.2) is 34.3 Å². The van der Waals surface area contributed by atoms with Crippen LogP contribution in [0.2, 0.25) is 0 Å². The molecule has 0 saturated carbocycles. The van der Waals surface area contributed by atoms with Crippen molar-refractivity contribution in [1.29, 1.82) is 0 Å². The second kappa shape index (κ2) is 6.62. The van der Waals surface area contributed by atoms with Crippen molar-refractivity contribution in [1.82, 2.24) is 10.1 Å². The first kappa shape index (κ1) is 17.7. The number of hydrogen-bond donors (Lipinski definition) is 0. The van der Waals surface area contributed by atoms with Crippen molar-refractivity contribution in [3.05, 3.63) is 35.7 Å². The number of carbonyl (C=O) groups is 2. The molecule has 3 heterocycles. The van der Waals surface area contributed by atoms with Gasteiger partial charge in [0.1, 0.15) is 11.3 Å². The summed E-state index contributed by atoms with van der Waals surface area (Å²) in [5.41, 5.74) is 0.584. The molecule has 0 spiro atoms. The van der Waals surface area contributed by atoms with Crippen LogP contribution in [0.1, 0.15) is 36.8 Å². The molecule has 0 radical (unpaired) electrons. The number of furan rings is 1. The zero-order valence-corrected chi connectivity index (χ0v) is 14.9. The first-order chi connectivity index (χ1) is 12.2. The Morgan fingerprint density at radius 1 is 1.27 bits per heavy atom. The number of pyridine rings is 1. The van der Waals surface area contributed by atoms with Crippen molar-refractivity contribution in [2.45, 2.75) is 33.3 Å². The van der Waals surface area contributed by atoms with E-state index in [2.05, 4.69) is 10.1 Å². The molecule has 3 aromatic heterocycles. The molecule has 0 N–H and O–H groups in total. The predicted octanol–water partition coefficient (Wildman–Crippen LogP) is 3.29. The van der Waals surface area contributed by atoms with Gasteiger partial charge in [-0.05, 0) is 45.9 Å². The molecule has 0 aliphatic carbocycles. The monoisotopic (exact) mass is 358 g/mol. The fraction of sp³-hybridized carbons (Fsp3) is 0.333. The van der Waals surface area contributed by atoms with Gasteiger partial charge in [-0.15, -0.1) is 0 Å². The number of nitrogens with zero attached hydrogens (tertiary/aromatic N) is 2. The number of rotatable bonds is 4. The topological polar surface area (TPSA) is 105 Å². The summed E-state index contributed by atoms with van der Waals surface area (Å²) >= 11 is 0. The lowest BCUT2D eigenvalue weighted by Gasteiger charge is -2.19.